The number of fused-ring (bicyclic) bond motifs is 4. The normalized spacial score (nSPS) is 15.2. The molecule has 0 fully saturated rings. The van der Waals surface area contributed by atoms with E-state index in [1.165, 1.54) is 78.5 Å². The molecule has 0 radical (unpaired) electrons. The fourth-order valence-corrected chi connectivity index (χ4v) is 11.8. The SMILES string of the molecule is Cc1cc(C(C)(c2ccc(O)c(N3C(=O)c4ccc(-c5ccc6c(c5)C(=O)N(C)C6=O)cc4C3=O)c2)C(F)(F)F)ccc1O.Cc1cc(Cc2cc(C)c(N3C(=O)c4ccc(-c5ccc6c(c5)C(=O)N(C)C6=O)cc4C3=O)c(C)c2)cc(C)c1C. The molecule has 0 saturated heterocycles. The molecule has 0 aliphatic carbocycles. The van der Waals surface area contributed by atoms with Crippen LogP contribution in [0.25, 0.3) is 22.3 Å². The van der Waals surface area contributed by atoms with E-state index in [9.17, 15) is 61.7 Å². The van der Waals surface area contributed by atoms with Gasteiger partial charge in [-0.05, 0) is 200 Å². The van der Waals surface area contributed by atoms with Crippen molar-refractivity contribution in [3.05, 3.63) is 234 Å². The summed E-state index contributed by atoms with van der Waals surface area (Å²) in [6.45, 7) is 12.7. The number of hydrogen-bond acceptors (Lipinski definition) is 10. The molecule has 0 bridgehead atoms. The first-order chi connectivity index (χ1) is 40.1. The van der Waals surface area contributed by atoms with Crippen molar-refractivity contribution in [2.45, 2.75) is 66.5 Å². The lowest BCUT2D eigenvalue weighted by molar-refractivity contribution is -0.173. The molecule has 0 saturated carbocycles. The molecule has 8 aromatic rings. The van der Waals surface area contributed by atoms with Crippen LogP contribution in [0.1, 0.15) is 145 Å². The van der Waals surface area contributed by atoms with Crippen LogP contribution in [-0.2, 0) is 11.8 Å². The van der Waals surface area contributed by atoms with E-state index >= 15 is 0 Å². The van der Waals surface area contributed by atoms with E-state index in [0.29, 0.717) is 55.1 Å². The fraction of sp³-hybridized carbons (Fsp3) is 0.176. The standard InChI is InChI=1S/C35H30N2O4.C33H23F3N2O6/c1-18-11-23(12-19(2)22(18)5)15-24-13-20(3)31(21(4)14-24)37-34(40)28-10-8-26(17-30(28)35(37)41)25-7-9-27-29(16-25)33(39)36(6)32(27)38;1-16-12-19(6-10-26(16)39)32(2,33(34,35)36)20-7-11-27(40)25(15-20)38-30(43)22-9-5-18(14-24(22)31(38)44)17-4-8-21-23(13-17)29(42)37(3)28(21)41/h7-14,16-17H,15H2,1-6H3;4-15,39-40H,1-3H3. The number of benzene rings is 8. The average molecular weight is 1140 g/mol. The van der Waals surface area contributed by atoms with Gasteiger partial charge in [0.15, 0.2) is 0 Å². The van der Waals surface area contributed by atoms with Crippen LogP contribution in [0, 0.1) is 41.5 Å². The van der Waals surface area contributed by atoms with Gasteiger partial charge in [0.25, 0.3) is 47.3 Å². The molecular weight excluding hydrogens is 1090 g/mol. The number of alkyl halides is 3. The van der Waals surface area contributed by atoms with Gasteiger partial charge in [0.2, 0.25) is 0 Å². The Labute approximate surface area is 486 Å². The Bertz CT molecular complexity index is 4350. The lowest BCUT2D eigenvalue weighted by Gasteiger charge is -2.34. The molecule has 8 aromatic carbocycles. The number of hydrogen-bond donors (Lipinski definition) is 2. The number of carbonyl (C=O) groups is 8. The largest absolute Gasteiger partial charge is 0.508 e. The third-order valence-corrected chi connectivity index (χ3v) is 16.9. The first kappa shape index (κ1) is 56.6. The molecule has 426 valence electrons. The van der Waals surface area contributed by atoms with Gasteiger partial charge in [-0.1, -0.05) is 66.7 Å². The van der Waals surface area contributed by atoms with Gasteiger partial charge >= 0.3 is 6.18 Å². The minimum absolute atomic E-state index is 0.0246. The van der Waals surface area contributed by atoms with Crippen LogP contribution >= 0.6 is 0 Å². The van der Waals surface area contributed by atoms with Gasteiger partial charge in [0.05, 0.1) is 55.9 Å². The molecule has 2 N–H and O–H groups in total. The van der Waals surface area contributed by atoms with Crippen molar-refractivity contribution in [2.24, 2.45) is 0 Å². The van der Waals surface area contributed by atoms with Crippen molar-refractivity contribution in [2.75, 3.05) is 23.9 Å². The van der Waals surface area contributed by atoms with E-state index in [4.69, 9.17) is 0 Å². The number of aromatic hydroxyl groups is 2. The Morgan fingerprint density at radius 1 is 0.376 bits per heavy atom. The summed E-state index contributed by atoms with van der Waals surface area (Å²) >= 11 is 0. The van der Waals surface area contributed by atoms with Crippen molar-refractivity contribution in [1.29, 1.82) is 0 Å². The van der Waals surface area contributed by atoms with E-state index in [1.54, 1.807) is 48.5 Å². The smallest absolute Gasteiger partial charge is 0.402 e. The predicted octanol–water partition coefficient (Wildman–Crippen LogP) is 12.5. The second-order valence-corrected chi connectivity index (χ2v) is 22.2. The predicted molar refractivity (Wildman–Crippen MR) is 312 cm³/mol. The second-order valence-electron chi connectivity index (χ2n) is 22.2. The number of rotatable bonds is 8. The van der Waals surface area contributed by atoms with Crippen molar-refractivity contribution in [3.8, 4) is 33.8 Å². The highest BCUT2D eigenvalue weighted by atomic mass is 19.4. The Morgan fingerprint density at radius 2 is 0.718 bits per heavy atom. The average Bonchev–Trinajstić information content (AvgIpc) is 3.83. The Balaban J connectivity index is 0.000000177. The number of phenols is 2. The summed E-state index contributed by atoms with van der Waals surface area (Å²) in [5.41, 5.74) is 9.21. The first-order valence-electron chi connectivity index (χ1n) is 27.0. The topological polar surface area (TPSA) is 190 Å². The highest BCUT2D eigenvalue weighted by Gasteiger charge is 2.54. The Hall–Kier alpha value is -10.3. The van der Waals surface area contributed by atoms with Crippen molar-refractivity contribution in [3.63, 3.8) is 0 Å². The highest BCUT2D eigenvalue weighted by Crippen LogP contribution is 2.49. The van der Waals surface area contributed by atoms with E-state index in [2.05, 4.69) is 45.0 Å². The molecule has 0 aromatic heterocycles. The summed E-state index contributed by atoms with van der Waals surface area (Å²) in [6.07, 6.45) is -4.09. The lowest BCUT2D eigenvalue weighted by Crippen LogP contribution is -2.41. The highest BCUT2D eigenvalue weighted by molar-refractivity contribution is 6.36. The maximum absolute atomic E-state index is 14.7. The number of anilines is 2. The van der Waals surface area contributed by atoms with Crippen LogP contribution in [0.5, 0.6) is 11.5 Å². The summed E-state index contributed by atoms with van der Waals surface area (Å²) in [5, 5.41) is 20.6. The number of amides is 8. The van der Waals surface area contributed by atoms with Gasteiger partial charge in [-0.15, -0.1) is 0 Å². The van der Waals surface area contributed by atoms with Crippen LogP contribution in [0.3, 0.4) is 0 Å². The maximum atomic E-state index is 14.7. The van der Waals surface area contributed by atoms with Gasteiger partial charge in [-0.3, -0.25) is 48.2 Å². The molecule has 85 heavy (non-hydrogen) atoms. The lowest BCUT2D eigenvalue weighted by atomic mass is 9.75. The molecule has 12 rings (SSSR count). The van der Waals surface area contributed by atoms with E-state index < -0.39 is 46.7 Å². The summed E-state index contributed by atoms with van der Waals surface area (Å²) < 4.78 is 44.2. The molecule has 17 heteroatoms. The van der Waals surface area contributed by atoms with E-state index in [1.807, 2.05) is 13.8 Å². The van der Waals surface area contributed by atoms with Crippen molar-refractivity contribution >= 4 is 58.6 Å². The number of nitrogens with zero attached hydrogens (tertiary/aromatic N) is 4. The number of aryl methyl sites for hydroxylation is 5. The fourth-order valence-electron chi connectivity index (χ4n) is 11.8. The molecule has 4 aliphatic rings. The number of phenolic OH excluding ortho intramolecular Hbond substituents is 2. The van der Waals surface area contributed by atoms with E-state index in [0.717, 1.165) is 70.2 Å². The number of imide groups is 4. The third-order valence-electron chi connectivity index (χ3n) is 16.9. The zero-order valence-electron chi connectivity index (χ0n) is 47.5. The van der Waals surface area contributed by atoms with Crippen LogP contribution in [0.2, 0.25) is 0 Å². The van der Waals surface area contributed by atoms with E-state index in [-0.39, 0.29) is 68.3 Å². The minimum atomic E-state index is -4.85. The summed E-state index contributed by atoms with van der Waals surface area (Å²) in [5.74, 6) is -4.78. The van der Waals surface area contributed by atoms with Crippen molar-refractivity contribution in [1.82, 2.24) is 9.80 Å². The second kappa shape index (κ2) is 20.3. The minimum Gasteiger partial charge on any atom is -0.508 e. The van der Waals surface area contributed by atoms with Gasteiger partial charge in [-0.25, -0.2) is 9.80 Å². The maximum Gasteiger partial charge on any atom is 0.402 e. The summed E-state index contributed by atoms with van der Waals surface area (Å²) in [6, 6.07) is 34.3. The molecule has 1 atom stereocenters. The van der Waals surface area contributed by atoms with Crippen LogP contribution in [0.15, 0.2) is 133 Å². The molecule has 4 heterocycles. The van der Waals surface area contributed by atoms with Gasteiger partial charge in [-0.2, -0.15) is 13.2 Å². The van der Waals surface area contributed by atoms with Crippen LogP contribution in [0.4, 0.5) is 24.5 Å². The first-order valence-corrected chi connectivity index (χ1v) is 27.0. The van der Waals surface area contributed by atoms with Gasteiger partial charge in [0, 0.05) is 14.1 Å². The molecule has 14 nitrogen and oxygen atoms in total. The Kier molecular flexibility index (Phi) is 13.5. The van der Waals surface area contributed by atoms with Crippen LogP contribution < -0.4 is 9.80 Å². The zero-order valence-corrected chi connectivity index (χ0v) is 47.5. The molecular formula is C68H53F3N4O10. The summed E-state index contributed by atoms with van der Waals surface area (Å²) in [7, 11) is 2.82. The molecule has 0 spiro atoms. The Morgan fingerprint density at radius 3 is 1.14 bits per heavy atom. The van der Waals surface area contributed by atoms with Crippen LogP contribution in [-0.4, -0.2) is 87.5 Å². The molecule has 8 amide bonds. The summed E-state index contributed by atoms with van der Waals surface area (Å²) in [4.78, 5) is 108. The zero-order chi connectivity index (χ0) is 61.2. The van der Waals surface area contributed by atoms with Gasteiger partial charge in [0.1, 0.15) is 16.9 Å². The quantitative estimate of drug-likeness (QED) is 0.138. The molecule has 4 aliphatic heterocycles. The number of halogens is 3. The number of carbonyl (C=O) groups excluding carboxylic acids is 8. The monoisotopic (exact) mass is 1140 g/mol. The van der Waals surface area contributed by atoms with Crippen molar-refractivity contribution < 1.29 is 61.7 Å². The van der Waals surface area contributed by atoms with Gasteiger partial charge < -0.3 is 10.2 Å². The third kappa shape index (κ3) is 9.04. The molecule has 1 unspecified atom stereocenters.